The fourth-order valence-corrected chi connectivity index (χ4v) is 3.41. The van der Waals surface area contributed by atoms with Crippen LogP contribution in [0.3, 0.4) is 0 Å². The van der Waals surface area contributed by atoms with Gasteiger partial charge in [-0.2, -0.15) is 0 Å². The van der Waals surface area contributed by atoms with E-state index < -0.39 is 0 Å². The number of aldehydes is 2. The fourth-order valence-electron chi connectivity index (χ4n) is 1.33. The van der Waals surface area contributed by atoms with Gasteiger partial charge in [-0.25, -0.2) is 0 Å². The van der Waals surface area contributed by atoms with Crippen LogP contribution in [-0.4, -0.2) is 24.1 Å². The van der Waals surface area contributed by atoms with Crippen LogP contribution in [-0.2, 0) is 9.59 Å². The first-order valence-electron chi connectivity index (χ1n) is 4.81. The molecular formula is C12H10O2S2. The predicted molar refractivity (Wildman–Crippen MR) is 69.4 cm³/mol. The average molecular weight is 250 g/mol. The molecule has 0 unspecified atom stereocenters. The maximum absolute atomic E-state index is 10.5. The molecule has 0 N–H and O–H groups in total. The van der Waals surface area contributed by atoms with E-state index in [2.05, 4.69) is 0 Å². The van der Waals surface area contributed by atoms with Crippen molar-refractivity contribution in [3.63, 3.8) is 0 Å². The average Bonchev–Trinajstić information content (AvgIpc) is 2.39. The molecule has 0 radical (unpaired) electrons. The van der Waals surface area contributed by atoms with Crippen LogP contribution >= 0.6 is 23.5 Å². The lowest BCUT2D eigenvalue weighted by molar-refractivity contribution is -0.105. The molecule has 0 aromatic rings. The topological polar surface area (TPSA) is 34.1 Å². The standard InChI is InChI=1S/C12H10O2S2/c13-5-9-1-3-11(15-7-9)12-4-2-10(6-14)8-16-12/h1-6H,7-8H2. The lowest BCUT2D eigenvalue weighted by atomic mass is 10.2. The lowest BCUT2D eigenvalue weighted by Crippen LogP contribution is -1.99. The zero-order valence-electron chi connectivity index (χ0n) is 8.51. The molecule has 0 aromatic heterocycles. The van der Waals surface area contributed by atoms with Crippen LogP contribution in [0.4, 0.5) is 0 Å². The van der Waals surface area contributed by atoms with Crippen molar-refractivity contribution in [3.8, 4) is 0 Å². The highest BCUT2D eigenvalue weighted by Crippen LogP contribution is 2.37. The second-order valence-corrected chi connectivity index (χ2v) is 5.39. The van der Waals surface area contributed by atoms with Crippen LogP contribution in [0.25, 0.3) is 0 Å². The molecule has 0 spiro atoms. The second kappa shape index (κ2) is 5.37. The zero-order valence-corrected chi connectivity index (χ0v) is 10.1. The first kappa shape index (κ1) is 11.5. The van der Waals surface area contributed by atoms with E-state index in [1.54, 1.807) is 23.5 Å². The molecule has 2 heterocycles. The van der Waals surface area contributed by atoms with Gasteiger partial charge in [0.1, 0.15) is 12.6 Å². The molecule has 0 bridgehead atoms. The SMILES string of the molecule is O=CC1=CC=C(C2=CC=C(C=O)CS2)SC1. The maximum Gasteiger partial charge on any atom is 0.146 e. The van der Waals surface area contributed by atoms with Gasteiger partial charge < -0.3 is 0 Å². The molecular weight excluding hydrogens is 240 g/mol. The van der Waals surface area contributed by atoms with Crippen molar-refractivity contribution < 1.29 is 9.59 Å². The van der Waals surface area contributed by atoms with E-state index in [0.29, 0.717) is 0 Å². The van der Waals surface area contributed by atoms with Crippen LogP contribution in [0.1, 0.15) is 0 Å². The summed E-state index contributed by atoms with van der Waals surface area (Å²) in [6, 6.07) is 0. The Labute approximate surface area is 103 Å². The van der Waals surface area contributed by atoms with Gasteiger partial charge in [-0.3, -0.25) is 9.59 Å². The Morgan fingerprint density at radius 3 is 1.50 bits per heavy atom. The van der Waals surface area contributed by atoms with Gasteiger partial charge >= 0.3 is 0 Å². The number of rotatable bonds is 3. The van der Waals surface area contributed by atoms with E-state index in [1.165, 1.54) is 9.81 Å². The summed E-state index contributed by atoms with van der Waals surface area (Å²) in [5.74, 6) is 1.47. The first-order chi connectivity index (χ1) is 7.83. The second-order valence-electron chi connectivity index (χ2n) is 3.36. The smallest absolute Gasteiger partial charge is 0.146 e. The fraction of sp³-hybridized carbons (Fsp3) is 0.167. The third kappa shape index (κ3) is 2.57. The Morgan fingerprint density at radius 1 is 0.812 bits per heavy atom. The molecule has 2 aliphatic rings. The van der Waals surface area contributed by atoms with Crippen molar-refractivity contribution in [2.45, 2.75) is 0 Å². The van der Waals surface area contributed by atoms with Gasteiger partial charge in [-0.05, 0) is 12.2 Å². The monoisotopic (exact) mass is 250 g/mol. The summed E-state index contributed by atoms with van der Waals surface area (Å²) in [5, 5.41) is 0. The Kier molecular flexibility index (Phi) is 3.85. The lowest BCUT2D eigenvalue weighted by Gasteiger charge is -2.16. The van der Waals surface area contributed by atoms with Gasteiger partial charge in [0.15, 0.2) is 0 Å². The molecule has 0 aliphatic carbocycles. The third-order valence-electron chi connectivity index (χ3n) is 2.23. The van der Waals surface area contributed by atoms with Crippen LogP contribution in [0, 0.1) is 0 Å². The maximum atomic E-state index is 10.5. The van der Waals surface area contributed by atoms with Crippen molar-refractivity contribution in [2.75, 3.05) is 11.5 Å². The van der Waals surface area contributed by atoms with Gasteiger partial charge in [0.25, 0.3) is 0 Å². The van der Waals surface area contributed by atoms with E-state index >= 15 is 0 Å². The highest BCUT2D eigenvalue weighted by atomic mass is 32.2. The summed E-state index contributed by atoms with van der Waals surface area (Å²) in [4.78, 5) is 23.4. The van der Waals surface area contributed by atoms with Crippen molar-refractivity contribution in [2.24, 2.45) is 0 Å². The van der Waals surface area contributed by atoms with E-state index in [-0.39, 0.29) is 0 Å². The molecule has 0 fully saturated rings. The minimum Gasteiger partial charge on any atom is -0.298 e. The minimum absolute atomic E-state index is 0.734. The molecule has 0 saturated heterocycles. The Morgan fingerprint density at radius 2 is 1.25 bits per heavy atom. The van der Waals surface area contributed by atoms with Gasteiger partial charge in [-0.15, -0.1) is 23.5 Å². The highest BCUT2D eigenvalue weighted by Gasteiger charge is 2.13. The quantitative estimate of drug-likeness (QED) is 0.721. The minimum atomic E-state index is 0.734. The summed E-state index contributed by atoms with van der Waals surface area (Å²) in [6.45, 7) is 0. The summed E-state index contributed by atoms with van der Waals surface area (Å²) >= 11 is 3.33. The van der Waals surface area contributed by atoms with Gasteiger partial charge in [-0.1, -0.05) is 12.2 Å². The number of thioether (sulfide) groups is 2. The number of allylic oxidation sites excluding steroid dienone is 4. The van der Waals surface area contributed by atoms with Crippen molar-refractivity contribution in [1.82, 2.24) is 0 Å². The molecule has 0 amide bonds. The summed E-state index contributed by atoms with van der Waals surface area (Å²) in [6.07, 6.45) is 9.45. The van der Waals surface area contributed by atoms with Crippen LogP contribution in [0.5, 0.6) is 0 Å². The Hall–Kier alpha value is -1.00. The van der Waals surface area contributed by atoms with Crippen molar-refractivity contribution in [1.29, 1.82) is 0 Å². The van der Waals surface area contributed by atoms with E-state index in [1.807, 2.05) is 24.3 Å². The molecule has 0 aromatic carbocycles. The summed E-state index contributed by atoms with van der Waals surface area (Å²) in [5.41, 5.74) is 1.64. The molecule has 2 aliphatic heterocycles. The van der Waals surface area contributed by atoms with E-state index in [4.69, 9.17) is 0 Å². The number of carbonyl (C=O) groups is 2. The van der Waals surface area contributed by atoms with Crippen molar-refractivity contribution in [3.05, 3.63) is 45.3 Å². The van der Waals surface area contributed by atoms with Crippen LogP contribution in [0.15, 0.2) is 45.3 Å². The number of hydrogen-bond acceptors (Lipinski definition) is 4. The summed E-state index contributed by atoms with van der Waals surface area (Å²) in [7, 11) is 0. The molecule has 0 saturated carbocycles. The molecule has 2 nitrogen and oxygen atoms in total. The highest BCUT2D eigenvalue weighted by molar-refractivity contribution is 8.08. The Balaban J connectivity index is 2.16. The van der Waals surface area contributed by atoms with E-state index in [9.17, 15) is 9.59 Å². The van der Waals surface area contributed by atoms with Crippen LogP contribution < -0.4 is 0 Å². The number of carbonyl (C=O) groups excluding carboxylic acids is 2. The van der Waals surface area contributed by atoms with Crippen LogP contribution in [0.2, 0.25) is 0 Å². The molecule has 16 heavy (non-hydrogen) atoms. The summed E-state index contributed by atoms with van der Waals surface area (Å²) < 4.78 is 0. The largest absolute Gasteiger partial charge is 0.298 e. The van der Waals surface area contributed by atoms with Gasteiger partial charge in [0, 0.05) is 32.5 Å². The number of hydrogen-bond donors (Lipinski definition) is 0. The van der Waals surface area contributed by atoms with E-state index in [0.717, 1.165) is 35.2 Å². The van der Waals surface area contributed by atoms with Gasteiger partial charge in [0.2, 0.25) is 0 Å². The third-order valence-corrected chi connectivity index (χ3v) is 4.65. The van der Waals surface area contributed by atoms with Gasteiger partial charge in [0.05, 0.1) is 0 Å². The zero-order chi connectivity index (χ0) is 11.4. The first-order valence-corrected chi connectivity index (χ1v) is 6.78. The predicted octanol–water partition coefficient (Wildman–Crippen LogP) is 2.50. The Bertz CT molecular complexity index is 400. The molecule has 0 atom stereocenters. The normalized spacial score (nSPS) is 20.2. The molecule has 4 heteroatoms. The molecule has 2 rings (SSSR count). The molecule has 82 valence electrons. The van der Waals surface area contributed by atoms with Crippen molar-refractivity contribution >= 4 is 36.1 Å².